The molecular formula is C28H21BrCl2N2O4. The van der Waals surface area contributed by atoms with Crippen LogP contribution in [0.1, 0.15) is 22.7 Å². The van der Waals surface area contributed by atoms with Crippen molar-refractivity contribution in [3.8, 4) is 5.75 Å². The normalized spacial score (nSPS) is 17.1. The Hall–Kier alpha value is -3.26. The number of fused-ring (bicyclic) bond motifs is 1. The molecule has 188 valence electrons. The number of aliphatic hydroxyl groups is 1. The molecule has 2 N–H and O–H groups in total. The van der Waals surface area contributed by atoms with E-state index >= 15 is 0 Å². The number of nitrogens with zero attached hydrogens (tertiary/aromatic N) is 1. The maximum atomic E-state index is 13.3. The van der Waals surface area contributed by atoms with Gasteiger partial charge in [-0.1, -0.05) is 51.3 Å². The van der Waals surface area contributed by atoms with Crippen molar-refractivity contribution in [1.29, 1.82) is 0 Å². The number of hydrogen-bond donors (Lipinski definition) is 2. The molecule has 0 aliphatic carbocycles. The van der Waals surface area contributed by atoms with Crippen molar-refractivity contribution >= 4 is 67.5 Å². The van der Waals surface area contributed by atoms with Gasteiger partial charge >= 0.3 is 0 Å². The van der Waals surface area contributed by atoms with Crippen LogP contribution in [0.4, 0.5) is 0 Å². The number of halogens is 3. The summed E-state index contributed by atoms with van der Waals surface area (Å²) in [5, 5.41) is 12.8. The lowest BCUT2D eigenvalue weighted by molar-refractivity contribution is -0.139. The van der Waals surface area contributed by atoms with E-state index in [9.17, 15) is 14.7 Å². The number of benzene rings is 3. The Balaban J connectivity index is 1.58. The number of carbonyl (C=O) groups is 2. The number of aromatic amines is 1. The Bertz CT molecular complexity index is 1580. The number of nitrogens with one attached hydrogen (secondary N) is 1. The van der Waals surface area contributed by atoms with Gasteiger partial charge in [0.15, 0.2) is 0 Å². The Kier molecular flexibility index (Phi) is 7.03. The number of carbonyl (C=O) groups excluding carboxylic acids is 2. The van der Waals surface area contributed by atoms with Gasteiger partial charge in [0.1, 0.15) is 11.5 Å². The molecule has 0 bridgehead atoms. The second-order valence-corrected chi connectivity index (χ2v) is 10.4. The Labute approximate surface area is 231 Å². The second kappa shape index (κ2) is 10.2. The molecule has 0 radical (unpaired) electrons. The quantitative estimate of drug-likeness (QED) is 0.143. The zero-order valence-corrected chi connectivity index (χ0v) is 22.7. The maximum Gasteiger partial charge on any atom is 0.295 e. The smallest absolute Gasteiger partial charge is 0.295 e. The topological polar surface area (TPSA) is 82.6 Å². The van der Waals surface area contributed by atoms with Crippen molar-refractivity contribution in [2.24, 2.45) is 0 Å². The minimum Gasteiger partial charge on any atom is -0.507 e. The molecule has 0 unspecified atom stereocenters. The van der Waals surface area contributed by atoms with Gasteiger partial charge in [-0.15, -0.1) is 0 Å². The van der Waals surface area contributed by atoms with E-state index in [-0.39, 0.29) is 28.5 Å². The van der Waals surface area contributed by atoms with Gasteiger partial charge in [0.05, 0.1) is 23.7 Å². The zero-order chi connectivity index (χ0) is 26.3. The molecule has 6 nitrogen and oxygen atoms in total. The lowest BCUT2D eigenvalue weighted by Crippen LogP contribution is -2.31. The largest absolute Gasteiger partial charge is 0.507 e. The fourth-order valence-corrected chi connectivity index (χ4v) is 5.61. The van der Waals surface area contributed by atoms with Crippen molar-refractivity contribution in [2.45, 2.75) is 12.5 Å². The van der Waals surface area contributed by atoms with Crippen LogP contribution in [0.15, 0.2) is 76.9 Å². The van der Waals surface area contributed by atoms with Crippen LogP contribution in [-0.4, -0.2) is 40.3 Å². The van der Waals surface area contributed by atoms with Crippen molar-refractivity contribution in [3.63, 3.8) is 0 Å². The Morgan fingerprint density at radius 1 is 1.11 bits per heavy atom. The molecule has 1 amide bonds. The number of Topliss-reactive ketones (excluding diaryl/α,β-unsaturated/α-hetero) is 1. The number of amides is 1. The van der Waals surface area contributed by atoms with Crippen LogP contribution in [0.5, 0.6) is 5.75 Å². The molecule has 5 rings (SSSR count). The van der Waals surface area contributed by atoms with E-state index in [0.29, 0.717) is 17.0 Å². The molecule has 9 heteroatoms. The van der Waals surface area contributed by atoms with Gasteiger partial charge in [-0.25, -0.2) is 0 Å². The van der Waals surface area contributed by atoms with Crippen LogP contribution in [0.25, 0.3) is 16.7 Å². The first kappa shape index (κ1) is 25.4. The summed E-state index contributed by atoms with van der Waals surface area (Å²) in [5.74, 6) is -1.07. The minimum atomic E-state index is -0.802. The van der Waals surface area contributed by atoms with Gasteiger partial charge in [-0.3, -0.25) is 9.59 Å². The minimum absolute atomic E-state index is 0.0204. The number of ketones is 1. The molecule has 4 aromatic rings. The summed E-state index contributed by atoms with van der Waals surface area (Å²) in [7, 11) is 1.61. The summed E-state index contributed by atoms with van der Waals surface area (Å²) in [6.07, 6.45) is 2.37. The number of ether oxygens (including phenoxy) is 1. The third kappa shape index (κ3) is 4.75. The molecule has 2 heterocycles. The first-order valence-corrected chi connectivity index (χ1v) is 13.0. The lowest BCUT2D eigenvalue weighted by Gasteiger charge is -2.25. The number of likely N-dealkylation sites (tertiary alicyclic amines) is 1. The summed E-state index contributed by atoms with van der Waals surface area (Å²) in [5.41, 5.74) is 2.81. The number of rotatable bonds is 6. The Morgan fingerprint density at radius 2 is 1.92 bits per heavy atom. The van der Waals surface area contributed by atoms with Gasteiger partial charge in [-0.05, 0) is 66.1 Å². The fourth-order valence-electron chi connectivity index (χ4n) is 4.69. The monoisotopic (exact) mass is 598 g/mol. The first-order valence-electron chi connectivity index (χ1n) is 11.4. The van der Waals surface area contributed by atoms with Crippen molar-refractivity contribution in [2.75, 3.05) is 13.7 Å². The maximum absolute atomic E-state index is 13.3. The van der Waals surface area contributed by atoms with E-state index < -0.39 is 17.7 Å². The summed E-state index contributed by atoms with van der Waals surface area (Å²) >= 11 is 15.8. The van der Waals surface area contributed by atoms with E-state index in [0.717, 1.165) is 26.7 Å². The predicted octanol–water partition coefficient (Wildman–Crippen LogP) is 6.91. The molecule has 3 aromatic carbocycles. The standard InChI is InChI=1S/C28H21BrCl2N2O4/c1-37-19-6-8-23-21(13-19)16(14-32-23)9-10-33-25(15-3-2-4-17(29)11-15)24(27(35)28(33)36)26(34)20-7-5-18(30)12-22(20)31/h2-8,11-14,25,32,34H,9-10H2,1H3/t25-/m1/s1. The molecule has 1 aromatic heterocycles. The van der Waals surface area contributed by atoms with Gasteiger partial charge in [0.25, 0.3) is 11.7 Å². The molecule has 1 fully saturated rings. The van der Waals surface area contributed by atoms with Gasteiger partial charge in [-0.2, -0.15) is 0 Å². The first-order chi connectivity index (χ1) is 17.8. The van der Waals surface area contributed by atoms with E-state index in [4.69, 9.17) is 27.9 Å². The number of aromatic nitrogens is 1. The molecule has 37 heavy (non-hydrogen) atoms. The summed E-state index contributed by atoms with van der Waals surface area (Å²) in [6.45, 7) is 0.247. The third-order valence-electron chi connectivity index (χ3n) is 6.49. The molecular weight excluding hydrogens is 579 g/mol. The van der Waals surface area contributed by atoms with E-state index in [2.05, 4.69) is 20.9 Å². The van der Waals surface area contributed by atoms with E-state index in [1.165, 1.54) is 17.0 Å². The average Bonchev–Trinajstić information content (AvgIpc) is 3.40. The number of methoxy groups -OCH3 is 1. The highest BCUT2D eigenvalue weighted by molar-refractivity contribution is 9.10. The van der Waals surface area contributed by atoms with Crippen LogP contribution in [0.2, 0.25) is 10.0 Å². The zero-order valence-electron chi connectivity index (χ0n) is 19.6. The number of aliphatic hydroxyl groups excluding tert-OH is 1. The van der Waals surface area contributed by atoms with Crippen LogP contribution in [0, 0.1) is 0 Å². The molecule has 1 aliphatic heterocycles. The summed E-state index contributed by atoms with van der Waals surface area (Å²) < 4.78 is 6.14. The molecule has 1 aliphatic rings. The Morgan fingerprint density at radius 3 is 2.65 bits per heavy atom. The molecule has 1 saturated heterocycles. The van der Waals surface area contributed by atoms with Crippen molar-refractivity contribution < 1.29 is 19.4 Å². The van der Waals surface area contributed by atoms with Crippen LogP contribution in [-0.2, 0) is 16.0 Å². The SMILES string of the molecule is COc1ccc2[nH]cc(CCN3C(=O)C(=O)C(=C(O)c4ccc(Cl)cc4Cl)[C@H]3c3cccc(Br)c3)c2c1. The van der Waals surface area contributed by atoms with Crippen molar-refractivity contribution in [3.05, 3.63) is 104 Å². The van der Waals surface area contributed by atoms with Crippen LogP contribution >= 0.6 is 39.1 Å². The van der Waals surface area contributed by atoms with Crippen molar-refractivity contribution in [1.82, 2.24) is 9.88 Å². The van der Waals surface area contributed by atoms with E-state index in [1.54, 1.807) is 13.2 Å². The summed E-state index contributed by atoms with van der Waals surface area (Å²) in [4.78, 5) is 31.4. The highest BCUT2D eigenvalue weighted by atomic mass is 79.9. The molecule has 0 saturated carbocycles. The molecule has 0 spiro atoms. The third-order valence-corrected chi connectivity index (χ3v) is 7.53. The predicted molar refractivity (Wildman–Crippen MR) is 148 cm³/mol. The number of hydrogen-bond acceptors (Lipinski definition) is 4. The van der Waals surface area contributed by atoms with Gasteiger partial charge in [0.2, 0.25) is 0 Å². The average molecular weight is 600 g/mol. The van der Waals surface area contributed by atoms with Gasteiger partial charge < -0.3 is 19.7 Å². The van der Waals surface area contributed by atoms with Gasteiger partial charge in [0, 0.05) is 38.7 Å². The second-order valence-electron chi connectivity index (χ2n) is 8.65. The molecule has 1 atom stereocenters. The van der Waals surface area contributed by atoms with Crippen LogP contribution in [0.3, 0.4) is 0 Å². The lowest BCUT2D eigenvalue weighted by atomic mass is 9.95. The highest BCUT2D eigenvalue weighted by Gasteiger charge is 2.46. The summed E-state index contributed by atoms with van der Waals surface area (Å²) in [6, 6.07) is 16.8. The number of H-pyrrole nitrogens is 1. The van der Waals surface area contributed by atoms with Crippen LogP contribution < -0.4 is 4.74 Å². The highest BCUT2D eigenvalue weighted by Crippen LogP contribution is 2.41. The fraction of sp³-hybridized carbons (Fsp3) is 0.143. The van der Waals surface area contributed by atoms with E-state index in [1.807, 2.05) is 48.7 Å².